The zero-order valence-corrected chi connectivity index (χ0v) is 19.5. The minimum atomic E-state index is -0.501. The van der Waals surface area contributed by atoms with Crippen LogP contribution in [0.3, 0.4) is 0 Å². The maximum Gasteiger partial charge on any atom is 0.242 e. The van der Waals surface area contributed by atoms with Gasteiger partial charge in [-0.15, -0.1) is 0 Å². The minimum absolute atomic E-state index is 0.00587. The molecule has 1 atom stereocenters. The molecule has 2 aromatic rings. The first-order chi connectivity index (χ1) is 15.3. The summed E-state index contributed by atoms with van der Waals surface area (Å²) in [7, 11) is 1.61. The lowest BCUT2D eigenvalue weighted by Crippen LogP contribution is -2.52. The molecule has 7 heteroatoms. The number of rotatable bonds is 9. The zero-order valence-electron chi connectivity index (χ0n) is 19.5. The van der Waals surface area contributed by atoms with Gasteiger partial charge in [0.2, 0.25) is 11.8 Å². The zero-order chi connectivity index (χ0) is 23.1. The van der Waals surface area contributed by atoms with Crippen LogP contribution in [0.15, 0.2) is 47.1 Å². The van der Waals surface area contributed by atoms with Crippen molar-refractivity contribution in [3.8, 4) is 5.75 Å². The fourth-order valence-electron chi connectivity index (χ4n) is 3.83. The molecule has 0 aliphatic carbocycles. The predicted molar refractivity (Wildman–Crippen MR) is 121 cm³/mol. The van der Waals surface area contributed by atoms with Crippen molar-refractivity contribution in [1.82, 2.24) is 9.80 Å². The molecule has 2 heterocycles. The lowest BCUT2D eigenvalue weighted by molar-refractivity contribution is -0.145. The van der Waals surface area contributed by atoms with Gasteiger partial charge in [-0.2, -0.15) is 0 Å². The van der Waals surface area contributed by atoms with Crippen LogP contribution in [0.1, 0.15) is 44.9 Å². The average molecular weight is 443 g/mol. The smallest absolute Gasteiger partial charge is 0.242 e. The second-order valence-electron chi connectivity index (χ2n) is 9.16. The van der Waals surface area contributed by atoms with Crippen LogP contribution in [0, 0.1) is 0 Å². The van der Waals surface area contributed by atoms with Crippen molar-refractivity contribution in [1.29, 1.82) is 0 Å². The summed E-state index contributed by atoms with van der Waals surface area (Å²) in [6.07, 6.45) is 3.78. The molecule has 2 amide bonds. The van der Waals surface area contributed by atoms with Crippen LogP contribution < -0.4 is 4.74 Å². The van der Waals surface area contributed by atoms with Crippen LogP contribution in [0.2, 0.25) is 0 Å². The molecule has 1 aromatic heterocycles. The van der Waals surface area contributed by atoms with Gasteiger partial charge in [0.15, 0.2) is 0 Å². The molecule has 0 unspecified atom stereocenters. The normalized spacial score (nSPS) is 16.1. The molecular weight excluding hydrogens is 408 g/mol. The standard InChI is InChI=1S/C25H34N2O5/c1-25(2,3)27(23(28)15-19-9-11-20(30-4)12-10-19)18-24(29)26(16-21-7-5-13-31-21)17-22-8-6-14-32-22/h5,7,9-13,22H,6,8,14-18H2,1-4H3/t22-/m0/s1. The number of amides is 2. The molecule has 7 nitrogen and oxygen atoms in total. The van der Waals surface area contributed by atoms with Crippen molar-refractivity contribution in [2.75, 3.05) is 26.8 Å². The molecule has 1 aliphatic rings. The Kier molecular flexibility index (Phi) is 7.96. The summed E-state index contributed by atoms with van der Waals surface area (Å²) in [5, 5.41) is 0. The minimum Gasteiger partial charge on any atom is -0.497 e. The van der Waals surface area contributed by atoms with Gasteiger partial charge >= 0.3 is 0 Å². The van der Waals surface area contributed by atoms with E-state index in [0.29, 0.717) is 18.8 Å². The Morgan fingerprint density at radius 3 is 2.44 bits per heavy atom. The molecule has 1 fully saturated rings. The average Bonchev–Trinajstić information content (AvgIpc) is 3.45. The topological polar surface area (TPSA) is 72.2 Å². The van der Waals surface area contributed by atoms with Gasteiger partial charge in [0.05, 0.1) is 32.4 Å². The third kappa shape index (κ3) is 6.60. The first-order valence-corrected chi connectivity index (χ1v) is 11.1. The molecule has 174 valence electrons. The number of benzene rings is 1. The largest absolute Gasteiger partial charge is 0.497 e. The third-order valence-electron chi connectivity index (χ3n) is 5.65. The van der Waals surface area contributed by atoms with Crippen molar-refractivity contribution in [2.24, 2.45) is 0 Å². The SMILES string of the molecule is COc1ccc(CC(=O)N(CC(=O)N(Cc2ccco2)C[C@@H]2CCCO2)C(C)(C)C)cc1. The Balaban J connectivity index is 1.71. The molecule has 0 radical (unpaired) electrons. The van der Waals surface area contributed by atoms with E-state index in [1.54, 1.807) is 23.2 Å². The number of carbonyl (C=O) groups excluding carboxylic acids is 2. The fourth-order valence-corrected chi connectivity index (χ4v) is 3.83. The van der Waals surface area contributed by atoms with Gasteiger partial charge in [0.1, 0.15) is 18.1 Å². The second kappa shape index (κ2) is 10.7. The fraction of sp³-hybridized carbons (Fsp3) is 0.520. The number of furan rings is 1. The number of carbonyl (C=O) groups is 2. The number of hydrogen-bond donors (Lipinski definition) is 0. The van der Waals surface area contributed by atoms with Gasteiger partial charge in [-0.25, -0.2) is 0 Å². The number of hydrogen-bond acceptors (Lipinski definition) is 5. The molecule has 32 heavy (non-hydrogen) atoms. The summed E-state index contributed by atoms with van der Waals surface area (Å²) in [5.41, 5.74) is 0.378. The van der Waals surface area contributed by atoms with Gasteiger partial charge in [0, 0.05) is 18.7 Å². The van der Waals surface area contributed by atoms with E-state index < -0.39 is 5.54 Å². The van der Waals surface area contributed by atoms with E-state index in [-0.39, 0.29) is 30.9 Å². The number of methoxy groups -OCH3 is 1. The molecule has 1 saturated heterocycles. The van der Waals surface area contributed by atoms with Crippen LogP contribution in [0.4, 0.5) is 0 Å². The Morgan fingerprint density at radius 2 is 1.88 bits per heavy atom. The van der Waals surface area contributed by atoms with Gasteiger partial charge in [-0.1, -0.05) is 12.1 Å². The van der Waals surface area contributed by atoms with Crippen molar-refractivity contribution >= 4 is 11.8 Å². The Morgan fingerprint density at radius 1 is 1.12 bits per heavy atom. The predicted octanol–water partition coefficient (Wildman–Crippen LogP) is 3.67. The van der Waals surface area contributed by atoms with E-state index in [9.17, 15) is 9.59 Å². The first-order valence-electron chi connectivity index (χ1n) is 11.1. The van der Waals surface area contributed by atoms with Crippen LogP contribution in [0.5, 0.6) is 5.75 Å². The lowest BCUT2D eigenvalue weighted by atomic mass is 10.0. The van der Waals surface area contributed by atoms with E-state index in [0.717, 1.165) is 30.8 Å². The summed E-state index contributed by atoms with van der Waals surface area (Å²) in [6.45, 7) is 7.42. The van der Waals surface area contributed by atoms with Gasteiger partial charge < -0.3 is 23.7 Å². The quantitative estimate of drug-likeness (QED) is 0.593. The summed E-state index contributed by atoms with van der Waals surface area (Å²) in [5.74, 6) is 1.25. The van der Waals surface area contributed by atoms with Crippen LogP contribution in [-0.4, -0.2) is 60.1 Å². The highest BCUT2D eigenvalue weighted by atomic mass is 16.5. The van der Waals surface area contributed by atoms with Crippen molar-refractivity contribution in [3.63, 3.8) is 0 Å². The summed E-state index contributed by atoms with van der Waals surface area (Å²) in [4.78, 5) is 30.0. The van der Waals surface area contributed by atoms with E-state index >= 15 is 0 Å². The van der Waals surface area contributed by atoms with Gasteiger partial charge in [-0.05, 0) is 63.4 Å². The molecule has 3 rings (SSSR count). The van der Waals surface area contributed by atoms with E-state index in [4.69, 9.17) is 13.9 Å². The first kappa shape index (κ1) is 23.9. The molecular formula is C25H34N2O5. The van der Waals surface area contributed by atoms with Crippen molar-refractivity contribution in [3.05, 3.63) is 54.0 Å². The summed E-state index contributed by atoms with van der Waals surface area (Å²) < 4.78 is 16.4. The molecule has 0 spiro atoms. The number of ether oxygens (including phenoxy) is 2. The maximum absolute atomic E-state index is 13.4. The monoisotopic (exact) mass is 442 g/mol. The highest BCUT2D eigenvalue weighted by Crippen LogP contribution is 2.20. The molecule has 0 bridgehead atoms. The van der Waals surface area contributed by atoms with Crippen molar-refractivity contribution < 1.29 is 23.5 Å². The van der Waals surface area contributed by atoms with E-state index in [1.165, 1.54) is 0 Å². The molecule has 1 aliphatic heterocycles. The highest BCUT2D eigenvalue weighted by molar-refractivity contribution is 5.86. The second-order valence-corrected chi connectivity index (χ2v) is 9.16. The molecule has 0 N–H and O–H groups in total. The molecule has 1 aromatic carbocycles. The summed E-state index contributed by atoms with van der Waals surface area (Å²) in [6, 6.07) is 11.1. The van der Waals surface area contributed by atoms with Gasteiger partial charge in [0.25, 0.3) is 0 Å². The third-order valence-corrected chi connectivity index (χ3v) is 5.65. The molecule has 0 saturated carbocycles. The van der Waals surface area contributed by atoms with Crippen LogP contribution in [0.25, 0.3) is 0 Å². The highest BCUT2D eigenvalue weighted by Gasteiger charge is 2.31. The van der Waals surface area contributed by atoms with E-state index in [1.807, 2.05) is 57.2 Å². The maximum atomic E-state index is 13.4. The summed E-state index contributed by atoms with van der Waals surface area (Å²) >= 11 is 0. The Labute approximate surface area is 190 Å². The van der Waals surface area contributed by atoms with Gasteiger partial charge in [-0.3, -0.25) is 9.59 Å². The lowest BCUT2D eigenvalue weighted by Gasteiger charge is -2.37. The van der Waals surface area contributed by atoms with Crippen molar-refractivity contribution in [2.45, 2.75) is 58.2 Å². The van der Waals surface area contributed by atoms with E-state index in [2.05, 4.69) is 0 Å². The van der Waals surface area contributed by atoms with Crippen LogP contribution in [-0.2, 0) is 27.3 Å². The van der Waals surface area contributed by atoms with Crippen LogP contribution >= 0.6 is 0 Å². The number of nitrogens with zero attached hydrogens (tertiary/aromatic N) is 2. The Hall–Kier alpha value is -2.80. The Bertz CT molecular complexity index is 865.